The number of para-hydroxylation sites is 1. The molecular weight excluding hydrogens is 491 g/mol. The summed E-state index contributed by atoms with van der Waals surface area (Å²) in [5, 5.41) is 8.12. The first kappa shape index (κ1) is 25.3. The number of nitrogens with one attached hydrogen (secondary N) is 1. The molecule has 9 heteroatoms. The number of nitrogens with zero attached hydrogens (tertiary/aromatic N) is 7. The minimum atomic E-state index is -0.435. The first-order chi connectivity index (χ1) is 19.1. The summed E-state index contributed by atoms with van der Waals surface area (Å²) in [4.78, 5) is 17.7. The van der Waals surface area contributed by atoms with E-state index in [1.54, 1.807) is 0 Å². The monoisotopic (exact) mass is 526 g/mol. The van der Waals surface area contributed by atoms with Crippen molar-refractivity contribution in [3.63, 3.8) is 0 Å². The van der Waals surface area contributed by atoms with E-state index in [1.807, 2.05) is 40.0 Å². The zero-order valence-electron chi connectivity index (χ0n) is 22.6. The highest BCUT2D eigenvalue weighted by Crippen LogP contribution is 2.32. The lowest BCUT2D eigenvalue weighted by atomic mass is 9.99. The van der Waals surface area contributed by atoms with E-state index in [0.717, 1.165) is 47.8 Å². The predicted octanol–water partition coefficient (Wildman–Crippen LogP) is 6.01. The van der Waals surface area contributed by atoms with Crippen molar-refractivity contribution in [2.45, 2.75) is 58.4 Å². The molecule has 0 unspecified atom stereocenters. The lowest BCUT2D eigenvalue weighted by Gasteiger charge is -2.28. The van der Waals surface area contributed by atoms with Crippen LogP contribution in [0.15, 0.2) is 54.9 Å². The largest absolute Gasteiger partial charge is 0.370 e. The van der Waals surface area contributed by atoms with Crippen molar-refractivity contribution < 1.29 is 4.39 Å². The minimum Gasteiger partial charge on any atom is -0.370 e. The van der Waals surface area contributed by atoms with E-state index >= 15 is 4.39 Å². The molecule has 5 heterocycles. The Labute approximate surface area is 228 Å². The number of aromatic nitrogens is 5. The number of hydrogen-bond acceptors (Lipinski definition) is 7. The van der Waals surface area contributed by atoms with E-state index in [-0.39, 0.29) is 5.92 Å². The highest BCUT2D eigenvalue weighted by Gasteiger charge is 2.29. The average molecular weight is 527 g/mol. The lowest BCUT2D eigenvalue weighted by Crippen LogP contribution is -2.32. The standard InChI is InChI=1S/C30H35FN8/c1-21(2)28-24-20-38(17-14-26(24)36-39(28)22-10-6-5-7-11-22)29-25(31)19-33-30(35-29)34-27-13-12-23(18-32-27)37-15-8-3-4-9-16-37/h5-7,10-13,18-19,21H,3-4,8-9,14-17,20H2,1-2H3,(H,32,33,34,35). The van der Waals surface area contributed by atoms with Crippen LogP contribution < -0.4 is 15.1 Å². The van der Waals surface area contributed by atoms with E-state index < -0.39 is 5.82 Å². The molecule has 1 N–H and O–H groups in total. The Morgan fingerprint density at radius 3 is 2.36 bits per heavy atom. The van der Waals surface area contributed by atoms with Crippen LogP contribution in [-0.4, -0.2) is 44.4 Å². The van der Waals surface area contributed by atoms with Gasteiger partial charge in [-0.05, 0) is 43.0 Å². The van der Waals surface area contributed by atoms with Gasteiger partial charge in [0.1, 0.15) is 5.82 Å². The maximum absolute atomic E-state index is 15.1. The Kier molecular flexibility index (Phi) is 7.13. The summed E-state index contributed by atoms with van der Waals surface area (Å²) in [6, 6.07) is 14.2. The second-order valence-corrected chi connectivity index (χ2v) is 10.7. The summed E-state index contributed by atoms with van der Waals surface area (Å²) in [7, 11) is 0. The maximum Gasteiger partial charge on any atom is 0.230 e. The second-order valence-electron chi connectivity index (χ2n) is 10.7. The topological polar surface area (TPSA) is 75.0 Å². The van der Waals surface area contributed by atoms with Gasteiger partial charge in [0.15, 0.2) is 11.6 Å². The normalized spacial score (nSPS) is 15.8. The van der Waals surface area contributed by atoms with Crippen molar-refractivity contribution >= 4 is 23.3 Å². The molecule has 6 rings (SSSR count). The summed E-state index contributed by atoms with van der Waals surface area (Å²) in [5.74, 6) is 1.09. The zero-order valence-corrected chi connectivity index (χ0v) is 22.6. The van der Waals surface area contributed by atoms with E-state index in [0.29, 0.717) is 30.7 Å². The fourth-order valence-electron chi connectivity index (χ4n) is 5.66. The van der Waals surface area contributed by atoms with Gasteiger partial charge in [0.05, 0.1) is 35.2 Å². The first-order valence-electron chi connectivity index (χ1n) is 14.0. The van der Waals surface area contributed by atoms with Crippen LogP contribution in [-0.2, 0) is 13.0 Å². The molecule has 1 saturated heterocycles. The fourth-order valence-corrected chi connectivity index (χ4v) is 5.66. The zero-order chi connectivity index (χ0) is 26.8. The van der Waals surface area contributed by atoms with Gasteiger partial charge in [-0.15, -0.1) is 0 Å². The van der Waals surface area contributed by atoms with Gasteiger partial charge in [0.2, 0.25) is 5.95 Å². The van der Waals surface area contributed by atoms with Crippen LogP contribution in [0.25, 0.3) is 5.69 Å². The third kappa shape index (κ3) is 5.30. The van der Waals surface area contributed by atoms with E-state index in [1.165, 1.54) is 31.9 Å². The lowest BCUT2D eigenvalue weighted by molar-refractivity contribution is 0.593. The van der Waals surface area contributed by atoms with E-state index in [4.69, 9.17) is 5.10 Å². The fraction of sp³-hybridized carbons (Fsp3) is 0.400. The maximum atomic E-state index is 15.1. The summed E-state index contributed by atoms with van der Waals surface area (Å²) in [6.07, 6.45) is 8.87. The first-order valence-corrected chi connectivity index (χ1v) is 14.0. The molecule has 0 bridgehead atoms. The van der Waals surface area contributed by atoms with Crippen LogP contribution in [0, 0.1) is 5.82 Å². The van der Waals surface area contributed by atoms with Gasteiger partial charge in [0, 0.05) is 38.2 Å². The summed E-state index contributed by atoms with van der Waals surface area (Å²) >= 11 is 0. The molecule has 202 valence electrons. The van der Waals surface area contributed by atoms with Gasteiger partial charge in [-0.2, -0.15) is 10.1 Å². The van der Waals surface area contributed by atoms with Gasteiger partial charge in [0.25, 0.3) is 0 Å². The second kappa shape index (κ2) is 11.0. The number of anilines is 4. The molecule has 8 nitrogen and oxygen atoms in total. The van der Waals surface area contributed by atoms with Crippen LogP contribution in [0.1, 0.15) is 62.4 Å². The van der Waals surface area contributed by atoms with Gasteiger partial charge in [-0.3, -0.25) is 0 Å². The van der Waals surface area contributed by atoms with Crippen LogP contribution >= 0.6 is 0 Å². The highest BCUT2D eigenvalue weighted by atomic mass is 19.1. The molecular formula is C30H35FN8. The molecule has 3 aromatic heterocycles. The Hall–Kier alpha value is -4.01. The highest BCUT2D eigenvalue weighted by molar-refractivity contribution is 5.56. The smallest absolute Gasteiger partial charge is 0.230 e. The van der Waals surface area contributed by atoms with E-state index in [9.17, 15) is 0 Å². The van der Waals surface area contributed by atoms with Gasteiger partial charge in [-0.1, -0.05) is 44.9 Å². The quantitative estimate of drug-likeness (QED) is 0.330. The van der Waals surface area contributed by atoms with Crippen molar-refractivity contribution in [3.05, 3.63) is 77.6 Å². The molecule has 1 fully saturated rings. The van der Waals surface area contributed by atoms with Crippen molar-refractivity contribution in [2.75, 3.05) is 34.8 Å². The van der Waals surface area contributed by atoms with Crippen LogP contribution in [0.3, 0.4) is 0 Å². The Bertz CT molecular complexity index is 1410. The molecule has 39 heavy (non-hydrogen) atoms. The van der Waals surface area contributed by atoms with Crippen molar-refractivity contribution in [2.24, 2.45) is 0 Å². The number of fused-ring (bicyclic) bond motifs is 1. The molecule has 0 aliphatic carbocycles. The van der Waals surface area contributed by atoms with Crippen molar-refractivity contribution in [1.29, 1.82) is 0 Å². The Morgan fingerprint density at radius 2 is 1.64 bits per heavy atom. The molecule has 0 radical (unpaired) electrons. The molecule has 2 aliphatic heterocycles. The van der Waals surface area contributed by atoms with Crippen LogP contribution in [0.5, 0.6) is 0 Å². The average Bonchev–Trinajstić information content (AvgIpc) is 3.13. The number of pyridine rings is 1. The van der Waals surface area contributed by atoms with E-state index in [2.05, 4.69) is 57.2 Å². The predicted molar refractivity (Wildman–Crippen MR) is 153 cm³/mol. The van der Waals surface area contributed by atoms with Gasteiger partial charge >= 0.3 is 0 Å². The molecule has 0 amide bonds. The number of benzene rings is 1. The van der Waals surface area contributed by atoms with Gasteiger partial charge < -0.3 is 15.1 Å². The van der Waals surface area contributed by atoms with Crippen LogP contribution in [0.2, 0.25) is 0 Å². The molecule has 0 atom stereocenters. The minimum absolute atomic E-state index is 0.261. The molecule has 4 aromatic rings. The Balaban J connectivity index is 1.22. The molecule has 1 aromatic carbocycles. The van der Waals surface area contributed by atoms with Gasteiger partial charge in [-0.25, -0.2) is 19.0 Å². The summed E-state index contributed by atoms with van der Waals surface area (Å²) in [5.41, 5.74) is 5.54. The molecule has 0 spiro atoms. The Morgan fingerprint density at radius 1 is 0.846 bits per heavy atom. The number of halogens is 1. The van der Waals surface area contributed by atoms with Crippen molar-refractivity contribution in [3.8, 4) is 5.69 Å². The SMILES string of the molecule is CC(C)c1c2c(nn1-c1ccccc1)CCN(c1nc(Nc3ccc(N4CCCCCC4)cn3)ncc1F)C2. The third-order valence-corrected chi connectivity index (χ3v) is 7.61. The number of hydrogen-bond donors (Lipinski definition) is 1. The van der Waals surface area contributed by atoms with Crippen LogP contribution in [0.4, 0.5) is 27.7 Å². The summed E-state index contributed by atoms with van der Waals surface area (Å²) < 4.78 is 17.1. The number of rotatable bonds is 6. The molecule has 0 saturated carbocycles. The molecule has 2 aliphatic rings. The summed E-state index contributed by atoms with van der Waals surface area (Å²) in [6.45, 7) is 7.67. The third-order valence-electron chi connectivity index (χ3n) is 7.61. The van der Waals surface area contributed by atoms with Crippen molar-refractivity contribution in [1.82, 2.24) is 24.7 Å².